The van der Waals surface area contributed by atoms with Gasteiger partial charge in [-0.1, -0.05) is 38.3 Å². The Morgan fingerprint density at radius 3 is 2.61 bits per heavy atom. The van der Waals surface area contributed by atoms with Gasteiger partial charge in [-0.25, -0.2) is 9.97 Å². The summed E-state index contributed by atoms with van der Waals surface area (Å²) in [6.07, 6.45) is 8.90. The summed E-state index contributed by atoms with van der Waals surface area (Å²) < 4.78 is 5.82. The van der Waals surface area contributed by atoms with Crippen LogP contribution >= 0.6 is 11.6 Å². The van der Waals surface area contributed by atoms with Gasteiger partial charge in [0.1, 0.15) is 6.10 Å². The van der Waals surface area contributed by atoms with Gasteiger partial charge in [-0.2, -0.15) is 0 Å². The van der Waals surface area contributed by atoms with E-state index >= 15 is 0 Å². The van der Waals surface area contributed by atoms with Crippen molar-refractivity contribution in [2.45, 2.75) is 58.5 Å². The molecule has 2 heterocycles. The van der Waals surface area contributed by atoms with Gasteiger partial charge in [-0.3, -0.25) is 4.79 Å². The molecule has 0 spiro atoms. The molecule has 128 valence electrons. The van der Waals surface area contributed by atoms with Crippen LogP contribution < -0.4 is 4.74 Å². The lowest BCUT2D eigenvalue weighted by molar-refractivity contribution is -0.138. The number of carbonyl (C=O) groups excluding carboxylic acids is 1. The van der Waals surface area contributed by atoms with Crippen molar-refractivity contribution in [2.75, 3.05) is 13.1 Å². The maximum absolute atomic E-state index is 12.7. The number of carbonyl (C=O) groups is 1. The fourth-order valence-corrected chi connectivity index (χ4v) is 3.19. The van der Waals surface area contributed by atoms with Gasteiger partial charge in [0.15, 0.2) is 0 Å². The molecule has 2 rings (SSSR count). The lowest BCUT2D eigenvalue weighted by Gasteiger charge is -2.34. The number of likely N-dealkylation sites (tertiary alicyclic amines) is 1. The number of halogens is 1. The molecule has 1 aliphatic heterocycles. The Bertz CT molecular complexity index is 489. The summed E-state index contributed by atoms with van der Waals surface area (Å²) in [6.45, 7) is 5.71. The standard InChI is InChI=1S/C17H26ClN3O2/c1-3-6-13(7-4-2)16(22)21-9-5-8-15(12-21)23-17-19-10-14(18)11-20-17/h10-11,13,15H,3-9,12H2,1-2H3. The summed E-state index contributed by atoms with van der Waals surface area (Å²) in [5.74, 6) is 0.426. The molecule has 5 nitrogen and oxygen atoms in total. The topological polar surface area (TPSA) is 55.3 Å². The Hall–Kier alpha value is -1.36. The van der Waals surface area contributed by atoms with E-state index in [1.165, 1.54) is 12.4 Å². The lowest BCUT2D eigenvalue weighted by atomic mass is 9.95. The average molecular weight is 340 g/mol. The number of amides is 1. The van der Waals surface area contributed by atoms with Gasteiger partial charge in [-0.05, 0) is 25.7 Å². The fourth-order valence-electron chi connectivity index (χ4n) is 3.09. The fraction of sp³-hybridized carbons (Fsp3) is 0.706. The minimum Gasteiger partial charge on any atom is -0.458 e. The van der Waals surface area contributed by atoms with Crippen molar-refractivity contribution < 1.29 is 9.53 Å². The molecule has 1 unspecified atom stereocenters. The summed E-state index contributed by atoms with van der Waals surface area (Å²) in [5, 5.41) is 0.486. The zero-order valence-corrected chi connectivity index (χ0v) is 14.8. The number of rotatable bonds is 7. The van der Waals surface area contributed by atoms with E-state index in [0.717, 1.165) is 45.1 Å². The van der Waals surface area contributed by atoms with Gasteiger partial charge in [0, 0.05) is 12.5 Å². The highest BCUT2D eigenvalue weighted by atomic mass is 35.5. The molecule has 6 heteroatoms. The predicted molar refractivity (Wildman–Crippen MR) is 90.6 cm³/mol. The maximum Gasteiger partial charge on any atom is 0.316 e. The molecule has 1 aromatic heterocycles. The first-order chi connectivity index (χ1) is 11.1. The molecule has 1 atom stereocenters. The Morgan fingerprint density at radius 2 is 2.00 bits per heavy atom. The van der Waals surface area contributed by atoms with Crippen LogP contribution in [0.1, 0.15) is 52.4 Å². The van der Waals surface area contributed by atoms with Crippen molar-refractivity contribution in [3.8, 4) is 6.01 Å². The summed E-state index contributed by atoms with van der Waals surface area (Å²) in [5.41, 5.74) is 0. The highest BCUT2D eigenvalue weighted by Crippen LogP contribution is 2.21. The van der Waals surface area contributed by atoms with E-state index in [4.69, 9.17) is 16.3 Å². The second kappa shape index (κ2) is 9.06. The van der Waals surface area contributed by atoms with Crippen molar-refractivity contribution in [3.05, 3.63) is 17.4 Å². The summed E-state index contributed by atoms with van der Waals surface area (Å²) in [6, 6.07) is 0.326. The van der Waals surface area contributed by atoms with Crippen LogP contribution in [0.25, 0.3) is 0 Å². The van der Waals surface area contributed by atoms with Crippen LogP contribution in [0.4, 0.5) is 0 Å². The van der Waals surface area contributed by atoms with E-state index in [1.54, 1.807) is 0 Å². The molecule has 1 fully saturated rings. The van der Waals surface area contributed by atoms with Gasteiger partial charge in [0.05, 0.1) is 24.0 Å². The smallest absolute Gasteiger partial charge is 0.316 e. The molecule has 0 aromatic carbocycles. The third kappa shape index (κ3) is 5.34. The van der Waals surface area contributed by atoms with Gasteiger partial charge < -0.3 is 9.64 Å². The average Bonchev–Trinajstić information content (AvgIpc) is 2.56. The normalized spacial score (nSPS) is 18.3. The summed E-state index contributed by atoms with van der Waals surface area (Å²) in [4.78, 5) is 22.8. The van der Waals surface area contributed by atoms with Gasteiger partial charge in [0.25, 0.3) is 0 Å². The van der Waals surface area contributed by atoms with Crippen LogP contribution in [0.3, 0.4) is 0 Å². The van der Waals surface area contributed by atoms with Crippen molar-refractivity contribution in [1.82, 2.24) is 14.9 Å². The first-order valence-corrected chi connectivity index (χ1v) is 8.94. The second-order valence-corrected chi connectivity index (χ2v) is 6.56. The highest BCUT2D eigenvalue weighted by molar-refractivity contribution is 6.30. The van der Waals surface area contributed by atoms with Crippen LogP contribution in [-0.2, 0) is 4.79 Å². The predicted octanol–water partition coefficient (Wildman–Crippen LogP) is 3.72. The van der Waals surface area contributed by atoms with Crippen molar-refractivity contribution >= 4 is 17.5 Å². The van der Waals surface area contributed by atoms with E-state index in [1.807, 2.05) is 4.90 Å². The van der Waals surface area contributed by atoms with Crippen LogP contribution in [0.5, 0.6) is 6.01 Å². The zero-order chi connectivity index (χ0) is 16.7. The first kappa shape index (κ1) is 18.0. The second-order valence-electron chi connectivity index (χ2n) is 6.12. The van der Waals surface area contributed by atoms with Gasteiger partial charge >= 0.3 is 6.01 Å². The SMILES string of the molecule is CCCC(CCC)C(=O)N1CCCC(Oc2ncc(Cl)cn2)C1. The molecular weight excluding hydrogens is 314 g/mol. The Kier molecular flexibility index (Phi) is 7.09. The number of nitrogens with zero attached hydrogens (tertiary/aromatic N) is 3. The Labute approximate surface area is 143 Å². The first-order valence-electron chi connectivity index (χ1n) is 8.57. The summed E-state index contributed by atoms with van der Waals surface area (Å²) >= 11 is 5.78. The minimum absolute atomic E-state index is 0.0437. The third-order valence-electron chi connectivity index (χ3n) is 4.18. The molecule has 0 bridgehead atoms. The molecule has 0 aliphatic carbocycles. The molecule has 23 heavy (non-hydrogen) atoms. The van der Waals surface area contributed by atoms with E-state index in [-0.39, 0.29) is 17.9 Å². The van der Waals surface area contributed by atoms with E-state index < -0.39 is 0 Å². The molecule has 1 aromatic rings. The van der Waals surface area contributed by atoms with Gasteiger partial charge in [0.2, 0.25) is 5.91 Å². The van der Waals surface area contributed by atoms with Crippen molar-refractivity contribution in [3.63, 3.8) is 0 Å². The molecular formula is C17H26ClN3O2. The van der Waals surface area contributed by atoms with Gasteiger partial charge in [-0.15, -0.1) is 0 Å². The molecule has 0 N–H and O–H groups in total. The van der Waals surface area contributed by atoms with Crippen LogP contribution in [-0.4, -0.2) is 40.0 Å². The Morgan fingerprint density at radius 1 is 1.35 bits per heavy atom. The molecule has 0 radical (unpaired) electrons. The highest BCUT2D eigenvalue weighted by Gasteiger charge is 2.29. The lowest BCUT2D eigenvalue weighted by Crippen LogP contribution is -2.46. The monoisotopic (exact) mass is 339 g/mol. The van der Waals surface area contributed by atoms with Crippen molar-refractivity contribution in [2.24, 2.45) is 5.92 Å². The molecule has 0 saturated carbocycles. The van der Waals surface area contributed by atoms with Crippen LogP contribution in [0.2, 0.25) is 5.02 Å². The number of hydrogen-bond acceptors (Lipinski definition) is 4. The van der Waals surface area contributed by atoms with E-state index in [2.05, 4.69) is 23.8 Å². The molecule has 1 saturated heterocycles. The molecule has 1 amide bonds. The third-order valence-corrected chi connectivity index (χ3v) is 4.38. The minimum atomic E-state index is -0.0437. The largest absolute Gasteiger partial charge is 0.458 e. The molecule has 1 aliphatic rings. The quantitative estimate of drug-likeness (QED) is 0.759. The Balaban J connectivity index is 1.93. The van der Waals surface area contributed by atoms with Crippen LogP contribution in [0.15, 0.2) is 12.4 Å². The number of aromatic nitrogens is 2. The zero-order valence-electron chi connectivity index (χ0n) is 14.0. The van der Waals surface area contributed by atoms with E-state index in [9.17, 15) is 4.79 Å². The van der Waals surface area contributed by atoms with Crippen LogP contribution in [0, 0.1) is 5.92 Å². The maximum atomic E-state index is 12.7. The summed E-state index contributed by atoms with van der Waals surface area (Å²) in [7, 11) is 0. The van der Waals surface area contributed by atoms with Crippen molar-refractivity contribution in [1.29, 1.82) is 0 Å². The number of ether oxygens (including phenoxy) is 1. The van der Waals surface area contributed by atoms with E-state index in [0.29, 0.717) is 17.6 Å². The number of hydrogen-bond donors (Lipinski definition) is 0. The number of piperidine rings is 1.